The third-order valence-corrected chi connectivity index (χ3v) is 5.02. The second-order valence-corrected chi connectivity index (χ2v) is 7.75. The zero-order valence-corrected chi connectivity index (χ0v) is 21.6. The standard InChI is InChI=1S/2C10H8F2N.2C5H5.Ti/c2*11-9-4-3-5-10(12,8-9)13-6-1-2-7-13;2*1-2-4-5-3-1;/h2*1-8H;2*1-3H,4H2;/q4*-1;+4. The fourth-order valence-electron chi connectivity index (χ4n) is 3.26. The molecule has 2 heterocycles. The molecule has 2 atom stereocenters. The van der Waals surface area contributed by atoms with Gasteiger partial charge < -0.3 is 9.13 Å². The van der Waals surface area contributed by atoms with Gasteiger partial charge in [0.1, 0.15) is 0 Å². The monoisotopic (exact) mass is 538 g/mol. The molecule has 2 aromatic heterocycles. The molecule has 0 amide bonds. The molecular weight excluding hydrogens is 512 g/mol. The van der Waals surface area contributed by atoms with Gasteiger partial charge in [0.25, 0.3) is 0 Å². The van der Waals surface area contributed by atoms with Gasteiger partial charge in [0, 0.05) is 24.8 Å². The van der Waals surface area contributed by atoms with Crippen LogP contribution < -0.4 is 0 Å². The van der Waals surface area contributed by atoms with Gasteiger partial charge in [-0.1, -0.05) is 12.2 Å². The fraction of sp³-hybridized carbons (Fsp3) is 0.133. The van der Waals surface area contributed by atoms with Gasteiger partial charge in [-0.25, -0.2) is 41.9 Å². The predicted molar refractivity (Wildman–Crippen MR) is 135 cm³/mol. The molecule has 0 saturated heterocycles. The average Bonchev–Trinajstić information content (AvgIpc) is 3.71. The molecule has 0 saturated carbocycles. The van der Waals surface area contributed by atoms with E-state index in [1.165, 1.54) is 45.6 Å². The van der Waals surface area contributed by atoms with E-state index in [0.717, 1.165) is 25.7 Å². The molecule has 0 spiro atoms. The maximum absolute atomic E-state index is 13.9. The van der Waals surface area contributed by atoms with E-state index >= 15 is 0 Å². The van der Waals surface area contributed by atoms with Crippen molar-refractivity contribution in [3.63, 3.8) is 0 Å². The summed E-state index contributed by atoms with van der Waals surface area (Å²) in [6.45, 7) is 0. The number of aromatic nitrogens is 2. The second kappa shape index (κ2) is 15.0. The van der Waals surface area contributed by atoms with Crippen molar-refractivity contribution in [3.8, 4) is 0 Å². The maximum Gasteiger partial charge on any atom is 4.00 e. The molecular formula is C30H26F4N2Ti. The van der Waals surface area contributed by atoms with E-state index in [1.54, 1.807) is 49.1 Å². The van der Waals surface area contributed by atoms with Crippen LogP contribution in [-0.2, 0) is 33.3 Å². The van der Waals surface area contributed by atoms with Crippen molar-refractivity contribution in [3.05, 3.63) is 159 Å². The maximum atomic E-state index is 13.9. The van der Waals surface area contributed by atoms with Gasteiger partial charge in [-0.05, 0) is 35.9 Å². The van der Waals surface area contributed by atoms with Crippen LogP contribution >= 0.6 is 0 Å². The summed E-state index contributed by atoms with van der Waals surface area (Å²) in [6.07, 6.45) is 35.9. The smallest absolute Gasteiger partial charge is 0.329 e. The van der Waals surface area contributed by atoms with Crippen LogP contribution in [0.2, 0.25) is 0 Å². The second-order valence-electron chi connectivity index (χ2n) is 7.75. The Morgan fingerprint density at radius 3 is 1.27 bits per heavy atom. The number of hydrogen-bond donors (Lipinski definition) is 0. The largest absolute Gasteiger partial charge is 4.00 e. The topological polar surface area (TPSA) is 9.86 Å². The van der Waals surface area contributed by atoms with Crippen LogP contribution in [0.1, 0.15) is 12.8 Å². The number of alkyl halides is 2. The molecule has 0 bridgehead atoms. The molecule has 0 aromatic carbocycles. The number of halogens is 4. The fourth-order valence-corrected chi connectivity index (χ4v) is 3.26. The molecule has 37 heavy (non-hydrogen) atoms. The van der Waals surface area contributed by atoms with Gasteiger partial charge in [-0.2, -0.15) is 24.3 Å². The number of rotatable bonds is 2. The summed E-state index contributed by atoms with van der Waals surface area (Å²) in [7, 11) is 0. The SMILES string of the molecule is FC1=CC=CC(F)(n2cccc2)[CH-]1.FC1=CC=CC(F)(n2cccc2)[CH-]1.[C-]1=CC=CC1.[C-]1=CC=CC1.[Ti+4]. The molecule has 2 unspecified atom stereocenters. The Kier molecular flexibility index (Phi) is 12.1. The van der Waals surface area contributed by atoms with Gasteiger partial charge in [-0.15, -0.1) is 37.8 Å². The Morgan fingerprint density at radius 2 is 1.03 bits per heavy atom. The van der Waals surface area contributed by atoms with Crippen molar-refractivity contribution >= 4 is 0 Å². The van der Waals surface area contributed by atoms with Crippen LogP contribution in [0.3, 0.4) is 0 Å². The Balaban J connectivity index is 0.000000187. The van der Waals surface area contributed by atoms with E-state index in [0.29, 0.717) is 0 Å². The van der Waals surface area contributed by atoms with Gasteiger partial charge >= 0.3 is 21.7 Å². The van der Waals surface area contributed by atoms with E-state index < -0.39 is 23.2 Å². The van der Waals surface area contributed by atoms with Crippen molar-refractivity contribution in [2.45, 2.75) is 24.4 Å². The van der Waals surface area contributed by atoms with Crippen molar-refractivity contribution in [2.75, 3.05) is 0 Å². The van der Waals surface area contributed by atoms with Gasteiger partial charge in [-0.3, -0.25) is 12.2 Å². The summed E-state index contributed by atoms with van der Waals surface area (Å²) in [5.41, 5.74) is 0. The average molecular weight is 538 g/mol. The van der Waals surface area contributed by atoms with E-state index in [1.807, 2.05) is 24.3 Å². The minimum atomic E-state index is -1.86. The van der Waals surface area contributed by atoms with Gasteiger partial charge in [0.05, 0.1) is 0 Å². The summed E-state index contributed by atoms with van der Waals surface area (Å²) < 4.78 is 56.0. The minimum Gasteiger partial charge on any atom is -0.329 e. The molecule has 0 aliphatic heterocycles. The number of allylic oxidation sites excluding steroid dienone is 16. The summed E-state index contributed by atoms with van der Waals surface area (Å²) in [5, 5.41) is 0. The Hall–Kier alpha value is -3.35. The first-order valence-corrected chi connectivity index (χ1v) is 11.3. The quantitative estimate of drug-likeness (QED) is 0.208. The van der Waals surface area contributed by atoms with E-state index in [-0.39, 0.29) is 21.7 Å². The van der Waals surface area contributed by atoms with Crippen molar-refractivity contribution in [1.82, 2.24) is 9.13 Å². The van der Waals surface area contributed by atoms with Gasteiger partial charge in [0.15, 0.2) is 11.6 Å². The first-order valence-electron chi connectivity index (χ1n) is 11.3. The van der Waals surface area contributed by atoms with Crippen LogP contribution in [0.15, 0.2) is 134 Å². The van der Waals surface area contributed by atoms with Crippen molar-refractivity contribution < 1.29 is 39.3 Å². The first-order chi connectivity index (χ1) is 17.4. The van der Waals surface area contributed by atoms with Crippen LogP contribution in [0.25, 0.3) is 0 Å². The van der Waals surface area contributed by atoms with Crippen LogP contribution in [0.5, 0.6) is 0 Å². The molecule has 0 N–H and O–H groups in total. The molecule has 188 valence electrons. The first kappa shape index (κ1) is 29.9. The number of nitrogens with zero attached hydrogens (tertiary/aromatic N) is 2. The van der Waals surface area contributed by atoms with Crippen LogP contribution in [0.4, 0.5) is 17.6 Å². The van der Waals surface area contributed by atoms with Gasteiger partial charge in [0.2, 0.25) is 0 Å². The van der Waals surface area contributed by atoms with E-state index in [9.17, 15) is 17.6 Å². The third-order valence-electron chi connectivity index (χ3n) is 5.02. The third kappa shape index (κ3) is 9.56. The molecule has 0 fully saturated rings. The number of hydrogen-bond acceptors (Lipinski definition) is 0. The summed E-state index contributed by atoms with van der Waals surface area (Å²) >= 11 is 0. The van der Waals surface area contributed by atoms with Crippen molar-refractivity contribution in [1.29, 1.82) is 0 Å². The Labute approximate surface area is 231 Å². The van der Waals surface area contributed by atoms with Crippen molar-refractivity contribution in [2.24, 2.45) is 0 Å². The zero-order chi connectivity index (χ0) is 25.7. The Bertz CT molecular complexity index is 1070. The van der Waals surface area contributed by atoms with Crippen LogP contribution in [0, 0.1) is 25.0 Å². The summed E-state index contributed by atoms with van der Waals surface area (Å²) in [5.74, 6) is -4.83. The predicted octanol–water partition coefficient (Wildman–Crippen LogP) is 8.08. The molecule has 2 nitrogen and oxygen atoms in total. The molecule has 0 radical (unpaired) electrons. The minimum absolute atomic E-state index is 0. The summed E-state index contributed by atoms with van der Waals surface area (Å²) in [4.78, 5) is 0. The molecule has 4 aliphatic rings. The Morgan fingerprint density at radius 1 is 0.649 bits per heavy atom. The summed E-state index contributed by atoms with van der Waals surface area (Å²) in [6, 6.07) is 6.77. The molecule has 2 aromatic rings. The van der Waals surface area contributed by atoms with E-state index in [2.05, 4.69) is 24.3 Å². The van der Waals surface area contributed by atoms with E-state index in [4.69, 9.17) is 0 Å². The van der Waals surface area contributed by atoms with Crippen LogP contribution in [-0.4, -0.2) is 9.13 Å². The molecule has 6 rings (SSSR count). The normalized spacial score (nSPS) is 23.6. The zero-order valence-electron chi connectivity index (χ0n) is 20.0. The molecule has 7 heteroatoms. The molecule has 4 aliphatic carbocycles.